The van der Waals surface area contributed by atoms with E-state index in [1.54, 1.807) is 0 Å². The molecule has 0 aromatic rings. The molecule has 0 saturated heterocycles. The van der Waals surface area contributed by atoms with Crippen molar-refractivity contribution < 1.29 is 14.3 Å². The number of rotatable bonds is 4. The summed E-state index contributed by atoms with van der Waals surface area (Å²) in [5, 5.41) is 0. The van der Waals surface area contributed by atoms with E-state index in [9.17, 15) is 4.79 Å². The lowest BCUT2D eigenvalue weighted by Crippen LogP contribution is -2.27. The number of halogens is 1. The molecule has 1 amide bonds. The van der Waals surface area contributed by atoms with Gasteiger partial charge in [0.15, 0.2) is 0 Å². The molecule has 0 fully saturated rings. The average molecular weight is 168 g/mol. The van der Waals surface area contributed by atoms with Gasteiger partial charge in [0.05, 0.1) is 12.5 Å². The second kappa shape index (κ2) is 5.32. The van der Waals surface area contributed by atoms with Crippen LogP contribution in [0.1, 0.15) is 0 Å². The highest BCUT2D eigenvalue weighted by Crippen LogP contribution is 1.95. The van der Waals surface area contributed by atoms with Crippen LogP contribution < -0.4 is 5.73 Å². The van der Waals surface area contributed by atoms with Crippen LogP contribution in [0.4, 0.5) is 4.79 Å². The van der Waals surface area contributed by atoms with Crippen molar-refractivity contribution in [3.63, 3.8) is 0 Å². The van der Waals surface area contributed by atoms with E-state index in [-0.39, 0.29) is 12.5 Å². The molecule has 0 heterocycles. The first-order chi connectivity index (χ1) is 4.70. The quantitative estimate of drug-likeness (QED) is 0.614. The smallest absolute Gasteiger partial charge is 0.404 e. The summed E-state index contributed by atoms with van der Waals surface area (Å²) in [6.07, 6.45) is -1.27. The van der Waals surface area contributed by atoms with Crippen LogP contribution in [0.15, 0.2) is 0 Å². The number of ether oxygens (including phenoxy) is 2. The molecule has 2 N–H and O–H groups in total. The second-order valence-electron chi connectivity index (χ2n) is 1.67. The Morgan fingerprint density at radius 3 is 2.70 bits per heavy atom. The highest BCUT2D eigenvalue weighted by Gasteiger charge is 2.09. The molecular weight excluding hydrogens is 158 g/mol. The molecule has 1 atom stereocenters. The molecule has 0 spiro atoms. The van der Waals surface area contributed by atoms with Crippen molar-refractivity contribution in [3.8, 4) is 0 Å². The van der Waals surface area contributed by atoms with Crippen molar-refractivity contribution in [1.82, 2.24) is 0 Å². The predicted molar refractivity (Wildman–Crippen MR) is 37.1 cm³/mol. The third kappa shape index (κ3) is 4.40. The zero-order chi connectivity index (χ0) is 7.98. The van der Waals surface area contributed by atoms with Gasteiger partial charge in [0.2, 0.25) is 0 Å². The molecular formula is C5H10ClNO3. The lowest BCUT2D eigenvalue weighted by Gasteiger charge is -2.11. The Balaban J connectivity index is 3.49. The zero-order valence-corrected chi connectivity index (χ0v) is 6.43. The first kappa shape index (κ1) is 9.52. The maximum absolute atomic E-state index is 10.1. The fourth-order valence-electron chi connectivity index (χ4n) is 0.460. The highest BCUT2D eigenvalue weighted by molar-refractivity contribution is 6.18. The number of carbonyl (C=O) groups is 1. The van der Waals surface area contributed by atoms with Crippen LogP contribution >= 0.6 is 11.6 Å². The van der Waals surface area contributed by atoms with Gasteiger partial charge in [-0.3, -0.25) is 0 Å². The standard InChI is InChI=1S/C5H10ClNO3/c1-9-3-4(2-6)10-5(7)8/h4H,2-3H2,1H3,(H2,7,8). The lowest BCUT2D eigenvalue weighted by atomic mass is 10.4. The first-order valence-electron chi connectivity index (χ1n) is 2.71. The third-order valence-electron chi connectivity index (χ3n) is 0.807. The maximum atomic E-state index is 10.1. The normalized spacial score (nSPS) is 12.6. The van der Waals surface area contributed by atoms with Crippen LogP contribution in [0.25, 0.3) is 0 Å². The molecule has 0 aromatic carbocycles. The van der Waals surface area contributed by atoms with Crippen LogP contribution in [-0.4, -0.2) is 31.8 Å². The Hall–Kier alpha value is -0.480. The average Bonchev–Trinajstić information content (AvgIpc) is 1.86. The number of nitrogens with two attached hydrogens (primary N) is 1. The predicted octanol–water partition coefficient (Wildman–Crippen LogP) is 0.336. The number of hydrogen-bond acceptors (Lipinski definition) is 3. The molecule has 60 valence electrons. The fraction of sp³-hybridized carbons (Fsp3) is 0.800. The number of hydrogen-bond donors (Lipinski definition) is 1. The van der Waals surface area contributed by atoms with Crippen molar-refractivity contribution in [2.45, 2.75) is 6.10 Å². The van der Waals surface area contributed by atoms with Gasteiger partial charge in [-0.2, -0.15) is 0 Å². The van der Waals surface area contributed by atoms with Crippen LogP contribution in [0.5, 0.6) is 0 Å². The molecule has 4 nitrogen and oxygen atoms in total. The molecule has 5 heteroatoms. The summed E-state index contributed by atoms with van der Waals surface area (Å²) in [6, 6.07) is 0. The van der Waals surface area contributed by atoms with E-state index >= 15 is 0 Å². The van der Waals surface area contributed by atoms with Crippen molar-refractivity contribution in [3.05, 3.63) is 0 Å². The van der Waals surface area contributed by atoms with Gasteiger partial charge in [0.1, 0.15) is 6.10 Å². The molecule has 0 radical (unpaired) electrons. The third-order valence-corrected chi connectivity index (χ3v) is 1.15. The van der Waals surface area contributed by atoms with Gasteiger partial charge in [-0.05, 0) is 0 Å². The topological polar surface area (TPSA) is 61.6 Å². The number of carbonyl (C=O) groups excluding carboxylic acids is 1. The van der Waals surface area contributed by atoms with Gasteiger partial charge in [-0.15, -0.1) is 11.6 Å². The second-order valence-corrected chi connectivity index (χ2v) is 1.98. The van der Waals surface area contributed by atoms with Crippen molar-refractivity contribution in [2.24, 2.45) is 5.73 Å². The van der Waals surface area contributed by atoms with E-state index in [0.29, 0.717) is 0 Å². The number of methoxy groups -OCH3 is 1. The fourth-order valence-corrected chi connectivity index (χ4v) is 0.612. The monoisotopic (exact) mass is 167 g/mol. The number of alkyl halides is 1. The summed E-state index contributed by atoms with van der Waals surface area (Å²) in [5.41, 5.74) is 4.72. The Labute approximate surface area is 64.2 Å². The van der Waals surface area contributed by atoms with E-state index in [0.717, 1.165) is 0 Å². The summed E-state index contributed by atoms with van der Waals surface area (Å²) in [4.78, 5) is 10.1. The summed E-state index contributed by atoms with van der Waals surface area (Å²) in [6.45, 7) is 0.270. The van der Waals surface area contributed by atoms with E-state index in [2.05, 4.69) is 9.47 Å². The minimum absolute atomic E-state index is 0.191. The number of primary amides is 1. The van der Waals surface area contributed by atoms with E-state index < -0.39 is 12.2 Å². The van der Waals surface area contributed by atoms with E-state index in [1.165, 1.54) is 7.11 Å². The minimum Gasteiger partial charge on any atom is -0.443 e. The largest absolute Gasteiger partial charge is 0.443 e. The van der Waals surface area contributed by atoms with Gasteiger partial charge in [-0.25, -0.2) is 4.79 Å². The Morgan fingerprint density at radius 1 is 1.80 bits per heavy atom. The van der Waals surface area contributed by atoms with Gasteiger partial charge < -0.3 is 15.2 Å². The molecule has 0 rings (SSSR count). The highest BCUT2D eigenvalue weighted by atomic mass is 35.5. The van der Waals surface area contributed by atoms with Gasteiger partial charge in [-0.1, -0.05) is 0 Å². The van der Waals surface area contributed by atoms with Crippen molar-refractivity contribution in [2.75, 3.05) is 19.6 Å². The molecule has 0 saturated carbocycles. The zero-order valence-electron chi connectivity index (χ0n) is 5.67. The summed E-state index contributed by atoms with van der Waals surface area (Å²) < 4.78 is 9.20. The molecule has 0 aliphatic rings. The first-order valence-corrected chi connectivity index (χ1v) is 3.25. The Bertz CT molecular complexity index is 109. The molecule has 0 aliphatic carbocycles. The molecule has 0 bridgehead atoms. The summed E-state index contributed by atoms with van der Waals surface area (Å²) in [7, 11) is 1.49. The van der Waals surface area contributed by atoms with Gasteiger partial charge in [0, 0.05) is 7.11 Å². The molecule has 0 aliphatic heterocycles. The van der Waals surface area contributed by atoms with E-state index in [1.807, 2.05) is 0 Å². The maximum Gasteiger partial charge on any atom is 0.404 e. The lowest BCUT2D eigenvalue weighted by molar-refractivity contribution is 0.0557. The van der Waals surface area contributed by atoms with Crippen LogP contribution in [-0.2, 0) is 9.47 Å². The van der Waals surface area contributed by atoms with Crippen LogP contribution in [0, 0.1) is 0 Å². The van der Waals surface area contributed by atoms with Gasteiger partial charge in [0.25, 0.3) is 0 Å². The van der Waals surface area contributed by atoms with E-state index in [4.69, 9.17) is 17.3 Å². The van der Waals surface area contributed by atoms with Crippen LogP contribution in [0.2, 0.25) is 0 Å². The van der Waals surface area contributed by atoms with Gasteiger partial charge >= 0.3 is 6.09 Å². The minimum atomic E-state index is -0.831. The van der Waals surface area contributed by atoms with Crippen molar-refractivity contribution >= 4 is 17.7 Å². The molecule has 1 unspecified atom stereocenters. The Kier molecular flexibility index (Phi) is 5.06. The summed E-state index contributed by atoms with van der Waals surface area (Å²) in [5.74, 6) is 0.191. The molecule has 0 aromatic heterocycles. The van der Waals surface area contributed by atoms with Crippen molar-refractivity contribution in [1.29, 1.82) is 0 Å². The molecule has 10 heavy (non-hydrogen) atoms. The number of amides is 1. The SMILES string of the molecule is COCC(CCl)OC(N)=O. The van der Waals surface area contributed by atoms with Crippen LogP contribution in [0.3, 0.4) is 0 Å². The summed E-state index contributed by atoms with van der Waals surface area (Å²) >= 11 is 5.38. The Morgan fingerprint density at radius 2 is 2.40 bits per heavy atom.